The van der Waals surface area contributed by atoms with Crippen LogP contribution in [0.4, 0.5) is 0 Å². The lowest BCUT2D eigenvalue weighted by Crippen LogP contribution is -2.39. The highest BCUT2D eigenvalue weighted by Gasteiger charge is 2.22. The Bertz CT molecular complexity index is 1030. The number of fused-ring (bicyclic) bond motifs is 1. The molecule has 0 bridgehead atoms. The van der Waals surface area contributed by atoms with Gasteiger partial charge in [-0.25, -0.2) is 13.2 Å². The maximum Gasteiger partial charge on any atom is 0.343 e. The highest BCUT2D eigenvalue weighted by Crippen LogP contribution is 2.11. The van der Waals surface area contributed by atoms with Crippen molar-refractivity contribution in [2.45, 2.75) is 4.90 Å². The number of H-pyrrole nitrogens is 1. The molecule has 0 unspecified atom stereocenters. The molecular formula is C14H10N2O4S. The molecule has 0 aliphatic rings. The minimum absolute atomic E-state index is 0.118. The Morgan fingerprint density at radius 2 is 1.48 bits per heavy atom. The quantitative estimate of drug-likeness (QED) is 0.762. The van der Waals surface area contributed by atoms with E-state index in [-0.39, 0.29) is 14.3 Å². The first-order chi connectivity index (χ1) is 10.0. The molecule has 1 heterocycles. The fraction of sp³-hybridized carbons (Fsp3) is 0. The number of benzene rings is 2. The van der Waals surface area contributed by atoms with Gasteiger partial charge in [-0.2, -0.15) is 0 Å². The van der Waals surface area contributed by atoms with Crippen molar-refractivity contribution in [1.29, 1.82) is 0 Å². The first kappa shape index (κ1) is 13.3. The molecule has 0 amide bonds. The van der Waals surface area contributed by atoms with Gasteiger partial charge in [-0.05, 0) is 24.3 Å². The first-order valence-electron chi connectivity index (χ1n) is 6.06. The second-order valence-electron chi connectivity index (χ2n) is 4.36. The number of aromatic amines is 1. The van der Waals surface area contributed by atoms with Crippen LogP contribution in [0.2, 0.25) is 0 Å². The van der Waals surface area contributed by atoms with E-state index in [4.69, 9.17) is 0 Å². The van der Waals surface area contributed by atoms with Crippen LogP contribution in [0.5, 0.6) is 0 Å². The molecule has 1 aromatic heterocycles. The lowest BCUT2D eigenvalue weighted by atomic mass is 10.2. The summed E-state index contributed by atoms with van der Waals surface area (Å²) < 4.78 is 25.2. The van der Waals surface area contributed by atoms with Crippen LogP contribution in [0.25, 0.3) is 10.9 Å². The van der Waals surface area contributed by atoms with E-state index in [1.54, 1.807) is 18.2 Å². The molecule has 2 aromatic carbocycles. The van der Waals surface area contributed by atoms with E-state index in [1.807, 2.05) is 0 Å². The van der Waals surface area contributed by atoms with Crippen LogP contribution in [-0.4, -0.2) is 17.4 Å². The van der Waals surface area contributed by atoms with Gasteiger partial charge in [0.25, 0.3) is 15.6 Å². The summed E-state index contributed by atoms with van der Waals surface area (Å²) >= 11 is 0. The van der Waals surface area contributed by atoms with E-state index in [2.05, 4.69) is 4.98 Å². The minimum atomic E-state index is -4.23. The summed E-state index contributed by atoms with van der Waals surface area (Å²) in [5.74, 6) is 0. The lowest BCUT2D eigenvalue weighted by Gasteiger charge is -2.07. The van der Waals surface area contributed by atoms with Crippen molar-refractivity contribution in [2.24, 2.45) is 0 Å². The highest BCUT2D eigenvalue weighted by atomic mass is 32.2. The van der Waals surface area contributed by atoms with Crippen molar-refractivity contribution in [3.05, 3.63) is 75.4 Å². The zero-order valence-electron chi connectivity index (χ0n) is 10.7. The summed E-state index contributed by atoms with van der Waals surface area (Å²) in [4.78, 5) is 26.6. The van der Waals surface area contributed by atoms with Crippen molar-refractivity contribution in [2.75, 3.05) is 0 Å². The molecule has 21 heavy (non-hydrogen) atoms. The largest absolute Gasteiger partial charge is 0.343 e. The third-order valence-corrected chi connectivity index (χ3v) is 4.73. The van der Waals surface area contributed by atoms with Crippen molar-refractivity contribution >= 4 is 20.9 Å². The standard InChI is InChI=1S/C14H10N2O4S/c17-13-11-8-4-5-9-12(11)15-14(18)16(13)21(19,20)10-6-2-1-3-7-10/h1-9H,(H,15,18). The topological polar surface area (TPSA) is 89.0 Å². The van der Waals surface area contributed by atoms with Crippen LogP contribution in [0, 0.1) is 0 Å². The molecule has 0 saturated heterocycles. The molecule has 0 fully saturated rings. The average molecular weight is 302 g/mol. The Morgan fingerprint density at radius 3 is 2.19 bits per heavy atom. The normalized spacial score (nSPS) is 11.6. The van der Waals surface area contributed by atoms with Gasteiger partial charge in [0.2, 0.25) is 0 Å². The fourth-order valence-electron chi connectivity index (χ4n) is 2.06. The molecule has 0 radical (unpaired) electrons. The molecule has 0 spiro atoms. The van der Waals surface area contributed by atoms with Crippen LogP contribution < -0.4 is 11.2 Å². The van der Waals surface area contributed by atoms with Gasteiger partial charge in [-0.15, -0.1) is 3.97 Å². The summed E-state index contributed by atoms with van der Waals surface area (Å²) in [5, 5.41) is 0.136. The van der Waals surface area contributed by atoms with Gasteiger partial charge >= 0.3 is 5.69 Å². The zero-order valence-corrected chi connectivity index (χ0v) is 11.5. The molecule has 0 aliphatic carbocycles. The number of rotatable bonds is 2. The van der Waals surface area contributed by atoms with Crippen molar-refractivity contribution in [3.63, 3.8) is 0 Å². The molecule has 0 atom stereocenters. The molecule has 0 aliphatic heterocycles. The Morgan fingerprint density at radius 1 is 0.857 bits per heavy atom. The SMILES string of the molecule is O=c1[nH]c2ccccc2c(=O)n1S(=O)(=O)c1ccccc1. The molecule has 7 heteroatoms. The van der Waals surface area contributed by atoms with Gasteiger partial charge < -0.3 is 4.98 Å². The summed E-state index contributed by atoms with van der Waals surface area (Å²) in [6.45, 7) is 0. The Hall–Kier alpha value is -2.67. The molecule has 3 aromatic rings. The summed E-state index contributed by atoms with van der Waals surface area (Å²) in [7, 11) is -4.23. The van der Waals surface area contributed by atoms with Crippen LogP contribution in [-0.2, 0) is 10.0 Å². The van der Waals surface area contributed by atoms with Gasteiger partial charge in [0.15, 0.2) is 0 Å². The number of nitrogens with one attached hydrogen (secondary N) is 1. The van der Waals surface area contributed by atoms with Crippen molar-refractivity contribution in [1.82, 2.24) is 8.96 Å². The highest BCUT2D eigenvalue weighted by molar-refractivity contribution is 7.90. The second kappa shape index (κ2) is 4.71. The molecule has 106 valence electrons. The van der Waals surface area contributed by atoms with Crippen LogP contribution >= 0.6 is 0 Å². The Balaban J connectivity index is 2.42. The second-order valence-corrected chi connectivity index (χ2v) is 6.15. The maximum atomic E-state index is 12.5. The lowest BCUT2D eigenvalue weighted by molar-refractivity contribution is 0.582. The average Bonchev–Trinajstić information content (AvgIpc) is 2.48. The van der Waals surface area contributed by atoms with Gasteiger partial charge in [0.1, 0.15) is 0 Å². The first-order valence-corrected chi connectivity index (χ1v) is 7.50. The molecular weight excluding hydrogens is 292 g/mol. The van der Waals surface area contributed by atoms with Crippen LogP contribution in [0.3, 0.4) is 0 Å². The van der Waals surface area contributed by atoms with Gasteiger partial charge in [0, 0.05) is 0 Å². The Kier molecular flexibility index (Phi) is 2.99. The molecule has 3 rings (SSSR count). The van der Waals surface area contributed by atoms with E-state index < -0.39 is 21.3 Å². The molecule has 6 nitrogen and oxygen atoms in total. The van der Waals surface area contributed by atoms with Crippen molar-refractivity contribution in [3.8, 4) is 0 Å². The number of para-hydroxylation sites is 1. The maximum absolute atomic E-state index is 12.5. The monoisotopic (exact) mass is 302 g/mol. The third kappa shape index (κ3) is 2.07. The number of hydrogen-bond acceptors (Lipinski definition) is 4. The number of hydrogen-bond donors (Lipinski definition) is 1. The van der Waals surface area contributed by atoms with Gasteiger partial charge in [-0.1, -0.05) is 30.3 Å². The zero-order chi connectivity index (χ0) is 15.0. The van der Waals surface area contributed by atoms with E-state index in [9.17, 15) is 18.0 Å². The van der Waals surface area contributed by atoms with E-state index in [1.165, 1.54) is 36.4 Å². The third-order valence-electron chi connectivity index (χ3n) is 3.05. The Labute approximate surface area is 119 Å². The van der Waals surface area contributed by atoms with Crippen molar-refractivity contribution < 1.29 is 8.42 Å². The smallest absolute Gasteiger partial charge is 0.306 e. The predicted octanol–water partition coefficient (Wildman–Crippen LogP) is 0.927. The minimum Gasteiger partial charge on any atom is -0.306 e. The van der Waals surface area contributed by atoms with E-state index in [0.717, 1.165) is 0 Å². The summed E-state index contributed by atoms with van der Waals surface area (Å²) in [6, 6.07) is 13.6. The van der Waals surface area contributed by atoms with Crippen LogP contribution in [0.15, 0.2) is 69.1 Å². The molecule has 1 N–H and O–H groups in total. The van der Waals surface area contributed by atoms with E-state index in [0.29, 0.717) is 5.52 Å². The summed E-state index contributed by atoms with van der Waals surface area (Å²) in [6.07, 6.45) is 0. The fourth-order valence-corrected chi connectivity index (χ4v) is 3.35. The number of aromatic nitrogens is 2. The molecule has 0 saturated carbocycles. The predicted molar refractivity (Wildman–Crippen MR) is 77.9 cm³/mol. The number of nitrogens with zero attached hydrogens (tertiary/aromatic N) is 1. The summed E-state index contributed by atoms with van der Waals surface area (Å²) in [5.41, 5.74) is -1.55. The van der Waals surface area contributed by atoms with Crippen LogP contribution in [0.1, 0.15) is 0 Å². The van der Waals surface area contributed by atoms with Gasteiger partial charge in [-0.3, -0.25) is 4.79 Å². The van der Waals surface area contributed by atoms with E-state index >= 15 is 0 Å². The van der Waals surface area contributed by atoms with Gasteiger partial charge in [0.05, 0.1) is 15.8 Å².